The lowest BCUT2D eigenvalue weighted by molar-refractivity contribution is 0.0845. The topological polar surface area (TPSA) is 46.2 Å². The highest BCUT2D eigenvalue weighted by Gasteiger charge is 2.27. The van der Waals surface area contributed by atoms with E-state index in [9.17, 15) is 5.11 Å². The van der Waals surface area contributed by atoms with Crippen LogP contribution >= 0.6 is 0 Å². The second-order valence-electron chi connectivity index (χ2n) is 4.89. The highest BCUT2D eigenvalue weighted by atomic mass is 16.3. The lowest BCUT2D eigenvalue weighted by Crippen LogP contribution is -2.40. The standard InChI is InChI=1S/C14H21NO/c15-13(10-11-6-2-1-3-7-11)14(16)12-8-4-5-9-12/h1-3,6-7,12-14,16H,4-5,8-10,15H2/t13-,14+/m1/s1. The Morgan fingerprint density at radius 3 is 2.44 bits per heavy atom. The van der Waals surface area contributed by atoms with Gasteiger partial charge >= 0.3 is 0 Å². The van der Waals surface area contributed by atoms with Gasteiger partial charge < -0.3 is 10.8 Å². The Bertz CT molecular complexity index is 306. The third-order valence-electron chi connectivity index (χ3n) is 3.64. The van der Waals surface area contributed by atoms with Gasteiger partial charge in [-0.05, 0) is 30.7 Å². The molecule has 2 atom stereocenters. The Morgan fingerprint density at radius 2 is 1.81 bits per heavy atom. The first kappa shape index (κ1) is 11.6. The summed E-state index contributed by atoms with van der Waals surface area (Å²) in [5, 5.41) is 10.2. The number of hydrogen-bond donors (Lipinski definition) is 2. The van der Waals surface area contributed by atoms with Crippen LogP contribution in [0, 0.1) is 5.92 Å². The van der Waals surface area contributed by atoms with E-state index in [1.165, 1.54) is 18.4 Å². The normalized spacial score (nSPS) is 20.9. The summed E-state index contributed by atoms with van der Waals surface area (Å²) in [4.78, 5) is 0. The van der Waals surface area contributed by atoms with Crippen molar-refractivity contribution >= 4 is 0 Å². The molecule has 1 saturated carbocycles. The second kappa shape index (κ2) is 5.46. The van der Waals surface area contributed by atoms with Crippen LogP contribution in [0.15, 0.2) is 30.3 Å². The van der Waals surface area contributed by atoms with Crippen molar-refractivity contribution in [2.75, 3.05) is 0 Å². The molecule has 0 amide bonds. The summed E-state index contributed by atoms with van der Waals surface area (Å²) in [5.74, 6) is 0.429. The van der Waals surface area contributed by atoms with Gasteiger partial charge in [0.25, 0.3) is 0 Å². The van der Waals surface area contributed by atoms with E-state index >= 15 is 0 Å². The Hall–Kier alpha value is -0.860. The van der Waals surface area contributed by atoms with Crippen LogP contribution in [-0.2, 0) is 6.42 Å². The molecular weight excluding hydrogens is 198 g/mol. The lowest BCUT2D eigenvalue weighted by Gasteiger charge is -2.24. The molecule has 0 radical (unpaired) electrons. The van der Waals surface area contributed by atoms with Crippen LogP contribution in [0.25, 0.3) is 0 Å². The second-order valence-corrected chi connectivity index (χ2v) is 4.89. The largest absolute Gasteiger partial charge is 0.391 e. The van der Waals surface area contributed by atoms with Gasteiger partial charge in [-0.1, -0.05) is 43.2 Å². The van der Waals surface area contributed by atoms with Gasteiger partial charge in [-0.3, -0.25) is 0 Å². The van der Waals surface area contributed by atoms with Gasteiger partial charge in [0, 0.05) is 6.04 Å². The molecule has 1 aromatic rings. The molecule has 3 N–H and O–H groups in total. The zero-order valence-corrected chi connectivity index (χ0v) is 9.68. The predicted molar refractivity (Wildman–Crippen MR) is 66.1 cm³/mol. The van der Waals surface area contributed by atoms with Crippen LogP contribution in [0.4, 0.5) is 0 Å². The molecule has 0 unspecified atom stereocenters. The van der Waals surface area contributed by atoms with Gasteiger partial charge in [0.1, 0.15) is 0 Å². The molecule has 16 heavy (non-hydrogen) atoms. The fourth-order valence-electron chi connectivity index (χ4n) is 2.66. The number of aliphatic hydroxyl groups is 1. The molecule has 2 heteroatoms. The van der Waals surface area contributed by atoms with E-state index < -0.39 is 0 Å². The van der Waals surface area contributed by atoms with Crippen molar-refractivity contribution in [3.05, 3.63) is 35.9 Å². The van der Waals surface area contributed by atoms with Crippen molar-refractivity contribution < 1.29 is 5.11 Å². The minimum atomic E-state index is -0.331. The zero-order chi connectivity index (χ0) is 11.4. The first-order valence-corrected chi connectivity index (χ1v) is 6.25. The van der Waals surface area contributed by atoms with E-state index in [-0.39, 0.29) is 12.1 Å². The molecule has 88 valence electrons. The van der Waals surface area contributed by atoms with Crippen molar-refractivity contribution in [3.8, 4) is 0 Å². The third-order valence-corrected chi connectivity index (χ3v) is 3.64. The molecule has 0 bridgehead atoms. The van der Waals surface area contributed by atoms with E-state index in [1.807, 2.05) is 18.2 Å². The fraction of sp³-hybridized carbons (Fsp3) is 0.571. The molecule has 2 rings (SSSR count). The average Bonchev–Trinajstić information content (AvgIpc) is 2.83. The molecule has 0 aliphatic heterocycles. The minimum absolute atomic E-state index is 0.120. The minimum Gasteiger partial charge on any atom is -0.391 e. The van der Waals surface area contributed by atoms with Gasteiger partial charge in [-0.25, -0.2) is 0 Å². The molecule has 0 spiro atoms. The first-order chi connectivity index (χ1) is 7.77. The van der Waals surface area contributed by atoms with Crippen molar-refractivity contribution in [1.29, 1.82) is 0 Å². The summed E-state index contributed by atoms with van der Waals surface area (Å²) >= 11 is 0. The first-order valence-electron chi connectivity index (χ1n) is 6.25. The SMILES string of the molecule is N[C@H](Cc1ccccc1)[C@@H](O)C1CCCC1. The quantitative estimate of drug-likeness (QED) is 0.814. The molecule has 1 aliphatic rings. The highest BCUT2D eigenvalue weighted by molar-refractivity contribution is 5.16. The number of rotatable bonds is 4. The number of hydrogen-bond acceptors (Lipinski definition) is 2. The van der Waals surface area contributed by atoms with Crippen LogP contribution in [0.3, 0.4) is 0 Å². The predicted octanol–water partition coefficient (Wildman–Crippen LogP) is 2.11. The highest BCUT2D eigenvalue weighted by Crippen LogP contribution is 2.29. The Kier molecular flexibility index (Phi) is 3.97. The summed E-state index contributed by atoms with van der Waals surface area (Å²) in [6, 6.07) is 10.1. The lowest BCUT2D eigenvalue weighted by atomic mass is 9.91. The van der Waals surface area contributed by atoms with Gasteiger partial charge in [0.15, 0.2) is 0 Å². The van der Waals surface area contributed by atoms with Crippen molar-refractivity contribution in [2.24, 2.45) is 11.7 Å². The maximum absolute atomic E-state index is 10.2. The Balaban J connectivity index is 1.89. The Morgan fingerprint density at radius 1 is 1.19 bits per heavy atom. The van der Waals surface area contributed by atoms with E-state index in [0.717, 1.165) is 19.3 Å². The van der Waals surface area contributed by atoms with Gasteiger partial charge in [-0.15, -0.1) is 0 Å². The van der Waals surface area contributed by atoms with Crippen LogP contribution in [-0.4, -0.2) is 17.3 Å². The molecule has 0 heterocycles. The third kappa shape index (κ3) is 2.83. The van der Waals surface area contributed by atoms with E-state index in [2.05, 4.69) is 12.1 Å². The maximum atomic E-state index is 10.2. The van der Waals surface area contributed by atoms with Crippen molar-refractivity contribution in [3.63, 3.8) is 0 Å². The van der Waals surface area contributed by atoms with E-state index in [0.29, 0.717) is 5.92 Å². The summed E-state index contributed by atoms with van der Waals surface area (Å²) in [6.07, 6.45) is 5.23. The molecule has 1 fully saturated rings. The number of aliphatic hydroxyl groups excluding tert-OH is 1. The smallest absolute Gasteiger partial charge is 0.0722 e. The van der Waals surface area contributed by atoms with E-state index in [1.54, 1.807) is 0 Å². The summed E-state index contributed by atoms with van der Waals surface area (Å²) in [7, 11) is 0. The Labute approximate surface area is 97.5 Å². The fourth-order valence-corrected chi connectivity index (χ4v) is 2.66. The molecule has 0 saturated heterocycles. The molecule has 1 aromatic carbocycles. The molecule has 1 aliphatic carbocycles. The van der Waals surface area contributed by atoms with Crippen molar-refractivity contribution in [1.82, 2.24) is 0 Å². The molecular formula is C14H21NO. The van der Waals surface area contributed by atoms with Gasteiger partial charge in [0.2, 0.25) is 0 Å². The van der Waals surface area contributed by atoms with Gasteiger partial charge in [0.05, 0.1) is 6.10 Å². The molecule has 0 aromatic heterocycles. The summed E-state index contributed by atoms with van der Waals surface area (Å²) in [6.45, 7) is 0. The zero-order valence-electron chi connectivity index (χ0n) is 9.68. The van der Waals surface area contributed by atoms with Crippen LogP contribution in [0.5, 0.6) is 0 Å². The summed E-state index contributed by atoms with van der Waals surface area (Å²) in [5.41, 5.74) is 7.29. The van der Waals surface area contributed by atoms with Crippen LogP contribution in [0.2, 0.25) is 0 Å². The molecule has 2 nitrogen and oxygen atoms in total. The average molecular weight is 219 g/mol. The van der Waals surface area contributed by atoms with E-state index in [4.69, 9.17) is 5.73 Å². The number of nitrogens with two attached hydrogens (primary N) is 1. The van der Waals surface area contributed by atoms with Crippen LogP contribution < -0.4 is 5.73 Å². The van der Waals surface area contributed by atoms with Gasteiger partial charge in [-0.2, -0.15) is 0 Å². The monoisotopic (exact) mass is 219 g/mol. The summed E-state index contributed by atoms with van der Waals surface area (Å²) < 4.78 is 0. The van der Waals surface area contributed by atoms with Crippen LogP contribution in [0.1, 0.15) is 31.2 Å². The number of benzene rings is 1. The maximum Gasteiger partial charge on any atom is 0.0722 e. The van der Waals surface area contributed by atoms with Crippen molar-refractivity contribution in [2.45, 2.75) is 44.2 Å².